The van der Waals surface area contributed by atoms with Crippen LogP contribution in [0.2, 0.25) is 0 Å². The van der Waals surface area contributed by atoms with E-state index in [0.29, 0.717) is 12.6 Å². The van der Waals surface area contributed by atoms with Crippen molar-refractivity contribution in [1.29, 1.82) is 0 Å². The summed E-state index contributed by atoms with van der Waals surface area (Å²) in [6.45, 7) is 4.90. The molecule has 1 fully saturated rings. The van der Waals surface area contributed by atoms with E-state index in [1.807, 2.05) is 0 Å². The molecule has 2 aromatic rings. The highest BCUT2D eigenvalue weighted by molar-refractivity contribution is 5.81. The van der Waals surface area contributed by atoms with Crippen molar-refractivity contribution >= 4 is 10.9 Å². The molecular formula is C17H26N4. The summed E-state index contributed by atoms with van der Waals surface area (Å²) in [5.41, 5.74) is 8.43. The second-order valence-corrected chi connectivity index (χ2v) is 6.09. The number of aromatic nitrogens is 1. The zero-order chi connectivity index (χ0) is 14.7. The normalized spacial score (nSPS) is 17.6. The van der Waals surface area contributed by atoms with Crippen LogP contribution in [0.5, 0.6) is 0 Å². The van der Waals surface area contributed by atoms with E-state index >= 15 is 0 Å². The summed E-state index contributed by atoms with van der Waals surface area (Å²) in [7, 11) is 2.20. The average Bonchev–Trinajstić information content (AvgIpc) is 2.85. The van der Waals surface area contributed by atoms with Gasteiger partial charge in [-0.25, -0.2) is 0 Å². The number of likely N-dealkylation sites (tertiary alicyclic amines) is 1. The van der Waals surface area contributed by atoms with Crippen LogP contribution in [0.25, 0.3) is 10.9 Å². The van der Waals surface area contributed by atoms with E-state index in [9.17, 15) is 0 Å². The maximum Gasteiger partial charge on any atom is 0.0483 e. The van der Waals surface area contributed by atoms with Crippen molar-refractivity contribution in [2.75, 3.05) is 26.7 Å². The molecule has 4 heteroatoms. The summed E-state index contributed by atoms with van der Waals surface area (Å²) < 4.78 is 2.36. The topological polar surface area (TPSA) is 46.2 Å². The third-order valence-corrected chi connectivity index (χ3v) is 4.54. The van der Waals surface area contributed by atoms with Crippen LogP contribution >= 0.6 is 0 Å². The van der Waals surface area contributed by atoms with Gasteiger partial charge in [-0.15, -0.1) is 0 Å². The third kappa shape index (κ3) is 3.28. The number of nitrogens with two attached hydrogens (primary N) is 1. The minimum Gasteiger partial charge on any atom is -0.342 e. The Labute approximate surface area is 126 Å². The molecule has 2 heterocycles. The van der Waals surface area contributed by atoms with Crippen LogP contribution in [0.4, 0.5) is 0 Å². The molecule has 1 aromatic carbocycles. The van der Waals surface area contributed by atoms with E-state index in [1.165, 1.54) is 42.5 Å². The molecule has 4 nitrogen and oxygen atoms in total. The Hall–Kier alpha value is -1.36. The number of hydrogen-bond donors (Lipinski definition) is 2. The Morgan fingerprint density at radius 3 is 2.76 bits per heavy atom. The van der Waals surface area contributed by atoms with Gasteiger partial charge in [0.2, 0.25) is 0 Å². The second-order valence-electron chi connectivity index (χ2n) is 6.09. The van der Waals surface area contributed by atoms with Crippen molar-refractivity contribution in [3.05, 3.63) is 36.0 Å². The molecule has 0 spiro atoms. The summed E-state index contributed by atoms with van der Waals surface area (Å²) in [5, 5.41) is 5.04. The summed E-state index contributed by atoms with van der Waals surface area (Å²) in [5.74, 6) is 0. The number of nitrogens with one attached hydrogen (secondary N) is 1. The van der Waals surface area contributed by atoms with E-state index in [4.69, 9.17) is 5.73 Å². The van der Waals surface area contributed by atoms with Crippen molar-refractivity contribution in [3.8, 4) is 0 Å². The summed E-state index contributed by atoms with van der Waals surface area (Å²) in [6.07, 6.45) is 2.49. The fourth-order valence-corrected chi connectivity index (χ4v) is 3.27. The van der Waals surface area contributed by atoms with Gasteiger partial charge in [-0.1, -0.05) is 18.2 Å². The number of nitrogens with zero attached hydrogens (tertiary/aromatic N) is 2. The SMILES string of the molecule is CN1CCC(NCc2cc3ccccc3n2CCN)CC1. The molecule has 3 rings (SSSR count). The molecule has 1 saturated heterocycles. The predicted octanol–water partition coefficient (Wildman–Crippen LogP) is 1.78. The average molecular weight is 286 g/mol. The molecule has 1 aliphatic heterocycles. The lowest BCUT2D eigenvalue weighted by Gasteiger charge is -2.29. The highest BCUT2D eigenvalue weighted by atomic mass is 15.1. The molecular weight excluding hydrogens is 260 g/mol. The number of piperidine rings is 1. The zero-order valence-corrected chi connectivity index (χ0v) is 12.9. The second kappa shape index (κ2) is 6.60. The first-order valence-electron chi connectivity index (χ1n) is 7.97. The molecule has 3 N–H and O–H groups in total. The summed E-state index contributed by atoms with van der Waals surface area (Å²) in [4.78, 5) is 2.41. The fraction of sp³-hybridized carbons (Fsp3) is 0.529. The van der Waals surface area contributed by atoms with Gasteiger partial charge < -0.3 is 20.5 Å². The van der Waals surface area contributed by atoms with Crippen molar-refractivity contribution < 1.29 is 0 Å². The summed E-state index contributed by atoms with van der Waals surface area (Å²) in [6, 6.07) is 11.5. The van der Waals surface area contributed by atoms with Crippen LogP contribution in [0.3, 0.4) is 0 Å². The third-order valence-electron chi connectivity index (χ3n) is 4.54. The Balaban J connectivity index is 1.72. The standard InChI is InChI=1S/C17H26N4/c1-20-9-6-15(7-10-20)19-13-16-12-14-4-2-3-5-17(14)21(16)11-8-18/h2-5,12,15,19H,6-11,13,18H2,1H3. The molecule has 0 bridgehead atoms. The van der Waals surface area contributed by atoms with Crippen LogP contribution in [-0.2, 0) is 13.1 Å². The van der Waals surface area contributed by atoms with Crippen molar-refractivity contribution in [3.63, 3.8) is 0 Å². The molecule has 0 amide bonds. The number of hydrogen-bond acceptors (Lipinski definition) is 3. The predicted molar refractivity (Wildman–Crippen MR) is 88.4 cm³/mol. The van der Waals surface area contributed by atoms with Crippen LogP contribution < -0.4 is 11.1 Å². The van der Waals surface area contributed by atoms with Gasteiger partial charge in [0.05, 0.1) is 0 Å². The van der Waals surface area contributed by atoms with Gasteiger partial charge in [0, 0.05) is 36.9 Å². The van der Waals surface area contributed by atoms with Gasteiger partial charge in [-0.3, -0.25) is 0 Å². The maximum atomic E-state index is 5.79. The Morgan fingerprint density at radius 1 is 1.24 bits per heavy atom. The van der Waals surface area contributed by atoms with E-state index < -0.39 is 0 Å². The smallest absolute Gasteiger partial charge is 0.0483 e. The number of fused-ring (bicyclic) bond motifs is 1. The highest BCUT2D eigenvalue weighted by Crippen LogP contribution is 2.20. The van der Waals surface area contributed by atoms with Gasteiger partial charge in [0.1, 0.15) is 0 Å². The lowest BCUT2D eigenvalue weighted by atomic mass is 10.1. The van der Waals surface area contributed by atoms with Crippen molar-refractivity contribution in [2.24, 2.45) is 5.73 Å². The number of benzene rings is 1. The van der Waals surface area contributed by atoms with Crippen molar-refractivity contribution in [2.45, 2.75) is 32.0 Å². The minimum absolute atomic E-state index is 0.644. The molecule has 0 atom stereocenters. The van der Waals surface area contributed by atoms with Crippen LogP contribution in [0.1, 0.15) is 18.5 Å². The molecule has 21 heavy (non-hydrogen) atoms. The summed E-state index contributed by atoms with van der Waals surface area (Å²) >= 11 is 0. The van der Waals surface area contributed by atoms with E-state index in [-0.39, 0.29) is 0 Å². The zero-order valence-electron chi connectivity index (χ0n) is 12.9. The molecule has 0 radical (unpaired) electrons. The van der Waals surface area contributed by atoms with Gasteiger partial charge >= 0.3 is 0 Å². The van der Waals surface area contributed by atoms with Crippen LogP contribution in [-0.4, -0.2) is 42.2 Å². The largest absolute Gasteiger partial charge is 0.342 e. The first-order chi connectivity index (χ1) is 10.3. The lowest BCUT2D eigenvalue weighted by molar-refractivity contribution is 0.233. The number of rotatable bonds is 5. The van der Waals surface area contributed by atoms with Gasteiger partial charge in [0.15, 0.2) is 0 Å². The molecule has 0 saturated carbocycles. The molecule has 0 unspecified atom stereocenters. The Bertz CT molecular complexity index is 581. The molecule has 114 valence electrons. The lowest BCUT2D eigenvalue weighted by Crippen LogP contribution is -2.40. The van der Waals surface area contributed by atoms with Gasteiger partial charge in [0.25, 0.3) is 0 Å². The molecule has 0 aliphatic carbocycles. The maximum absolute atomic E-state index is 5.79. The van der Waals surface area contributed by atoms with Gasteiger partial charge in [-0.05, 0) is 50.5 Å². The molecule has 1 aromatic heterocycles. The first-order valence-corrected chi connectivity index (χ1v) is 7.97. The first kappa shape index (κ1) is 14.6. The van der Waals surface area contributed by atoms with E-state index in [1.54, 1.807) is 0 Å². The van der Waals surface area contributed by atoms with Crippen molar-refractivity contribution in [1.82, 2.24) is 14.8 Å². The van der Waals surface area contributed by atoms with Crippen LogP contribution in [0, 0.1) is 0 Å². The highest BCUT2D eigenvalue weighted by Gasteiger charge is 2.16. The Morgan fingerprint density at radius 2 is 2.00 bits per heavy atom. The Kier molecular flexibility index (Phi) is 4.58. The number of para-hydroxylation sites is 1. The monoisotopic (exact) mass is 286 g/mol. The van der Waals surface area contributed by atoms with E-state index in [0.717, 1.165) is 13.1 Å². The van der Waals surface area contributed by atoms with E-state index in [2.05, 4.69) is 52.2 Å². The van der Waals surface area contributed by atoms with Gasteiger partial charge in [-0.2, -0.15) is 0 Å². The quantitative estimate of drug-likeness (QED) is 0.881. The minimum atomic E-state index is 0.644. The van der Waals surface area contributed by atoms with Crippen LogP contribution in [0.15, 0.2) is 30.3 Å². The molecule has 1 aliphatic rings. The fourth-order valence-electron chi connectivity index (χ4n) is 3.27.